The van der Waals surface area contributed by atoms with Gasteiger partial charge in [-0.15, -0.1) is 0 Å². The third-order valence-electron chi connectivity index (χ3n) is 4.03. The quantitative estimate of drug-likeness (QED) is 0.481. The first-order chi connectivity index (χ1) is 12.7. The summed E-state index contributed by atoms with van der Waals surface area (Å²) in [6.45, 7) is 1.04. The van der Waals surface area contributed by atoms with Crippen molar-refractivity contribution in [3.05, 3.63) is 64.4 Å². The number of benzene rings is 2. The molecule has 0 aliphatic carbocycles. The van der Waals surface area contributed by atoms with Crippen LogP contribution in [0.25, 0.3) is 10.9 Å². The van der Waals surface area contributed by atoms with E-state index in [9.17, 15) is 9.59 Å². The zero-order valence-corrected chi connectivity index (χ0v) is 14.5. The van der Waals surface area contributed by atoms with E-state index in [1.165, 1.54) is 0 Å². The molecule has 1 heterocycles. The van der Waals surface area contributed by atoms with Crippen molar-refractivity contribution >= 4 is 22.9 Å². The summed E-state index contributed by atoms with van der Waals surface area (Å²) in [6, 6.07) is 14.8. The van der Waals surface area contributed by atoms with Crippen molar-refractivity contribution in [3.8, 4) is 11.5 Å². The summed E-state index contributed by atoms with van der Waals surface area (Å²) in [5, 5.41) is 4.01. The first-order valence-corrected chi connectivity index (χ1v) is 8.34. The molecule has 0 amide bonds. The van der Waals surface area contributed by atoms with Gasteiger partial charge in [-0.1, -0.05) is 30.3 Å². The zero-order valence-electron chi connectivity index (χ0n) is 14.5. The van der Waals surface area contributed by atoms with Crippen LogP contribution in [0.5, 0.6) is 11.5 Å². The van der Waals surface area contributed by atoms with E-state index in [4.69, 9.17) is 9.47 Å². The van der Waals surface area contributed by atoms with Gasteiger partial charge < -0.3 is 19.8 Å². The Morgan fingerprint density at radius 2 is 1.81 bits per heavy atom. The van der Waals surface area contributed by atoms with E-state index < -0.39 is 5.56 Å². The van der Waals surface area contributed by atoms with Gasteiger partial charge in [0.1, 0.15) is 5.56 Å². The third-order valence-corrected chi connectivity index (χ3v) is 4.03. The number of carbonyl (C=O) groups is 1. The number of para-hydroxylation sites is 3. The number of nitrogens with one attached hydrogen (secondary N) is 2. The molecular formula is C20H20N2O4. The largest absolute Gasteiger partial charge is 0.493 e. The van der Waals surface area contributed by atoms with Crippen LogP contribution < -0.4 is 20.3 Å². The fraction of sp³-hybridized carbons (Fsp3) is 0.200. The Balaban J connectivity index is 1.67. The van der Waals surface area contributed by atoms with E-state index >= 15 is 0 Å². The summed E-state index contributed by atoms with van der Waals surface area (Å²) in [7, 11) is 1.60. The molecule has 0 saturated heterocycles. The maximum atomic E-state index is 12.1. The van der Waals surface area contributed by atoms with Gasteiger partial charge in [0.2, 0.25) is 0 Å². The van der Waals surface area contributed by atoms with Crippen LogP contribution in [0.1, 0.15) is 16.8 Å². The van der Waals surface area contributed by atoms with Crippen LogP contribution in [0.15, 0.2) is 53.3 Å². The molecule has 0 bridgehead atoms. The van der Waals surface area contributed by atoms with E-state index in [1.54, 1.807) is 13.2 Å². The minimum Gasteiger partial charge on any atom is -0.493 e. The van der Waals surface area contributed by atoms with Gasteiger partial charge in [0.15, 0.2) is 17.8 Å². The Labute approximate surface area is 150 Å². The number of hydrogen-bond donors (Lipinski definition) is 2. The van der Waals surface area contributed by atoms with Crippen molar-refractivity contribution in [1.29, 1.82) is 0 Å². The fourth-order valence-corrected chi connectivity index (χ4v) is 2.77. The molecule has 3 aromatic rings. The van der Waals surface area contributed by atoms with Crippen molar-refractivity contribution in [3.63, 3.8) is 0 Å². The standard InChI is InChI=1S/C20H20N2O4/c1-25-17-9-4-5-10-18(17)26-12-6-11-21-19-14-7-2-3-8-16(14)22-20(24)15(19)13-23/h2-5,7-10,13H,6,11-12H2,1H3,(H2,21,22,24). The monoisotopic (exact) mass is 352 g/mol. The Morgan fingerprint density at radius 3 is 2.58 bits per heavy atom. The lowest BCUT2D eigenvalue weighted by atomic mass is 10.1. The normalized spacial score (nSPS) is 10.5. The van der Waals surface area contributed by atoms with Crippen molar-refractivity contribution in [1.82, 2.24) is 4.98 Å². The highest BCUT2D eigenvalue weighted by Gasteiger charge is 2.11. The summed E-state index contributed by atoms with van der Waals surface area (Å²) in [6.07, 6.45) is 1.27. The molecule has 2 N–H and O–H groups in total. The number of aromatic amines is 1. The van der Waals surface area contributed by atoms with Gasteiger partial charge in [-0.2, -0.15) is 0 Å². The Hall–Kier alpha value is -3.28. The Bertz CT molecular complexity index is 965. The average molecular weight is 352 g/mol. The van der Waals surface area contributed by atoms with Gasteiger partial charge in [-0.05, 0) is 24.6 Å². The number of hydrogen-bond acceptors (Lipinski definition) is 5. The van der Waals surface area contributed by atoms with Gasteiger partial charge in [-0.25, -0.2) is 0 Å². The van der Waals surface area contributed by atoms with E-state index in [1.807, 2.05) is 42.5 Å². The van der Waals surface area contributed by atoms with Crippen LogP contribution in [-0.2, 0) is 0 Å². The number of aldehydes is 1. The van der Waals surface area contributed by atoms with Gasteiger partial charge in [0, 0.05) is 11.9 Å². The summed E-state index contributed by atoms with van der Waals surface area (Å²) in [5.41, 5.74) is 0.952. The molecule has 0 spiro atoms. The van der Waals surface area contributed by atoms with Crippen LogP contribution in [0.4, 0.5) is 5.69 Å². The molecule has 0 fully saturated rings. The molecule has 1 aromatic heterocycles. The summed E-state index contributed by atoms with van der Waals surface area (Å²) in [4.78, 5) is 26.1. The summed E-state index contributed by atoms with van der Waals surface area (Å²) in [5.74, 6) is 1.37. The number of fused-ring (bicyclic) bond motifs is 1. The number of H-pyrrole nitrogens is 1. The van der Waals surface area contributed by atoms with E-state index in [2.05, 4.69) is 10.3 Å². The molecule has 2 aromatic carbocycles. The minimum atomic E-state index is -0.397. The highest BCUT2D eigenvalue weighted by atomic mass is 16.5. The lowest BCUT2D eigenvalue weighted by molar-refractivity contribution is 0.112. The molecule has 26 heavy (non-hydrogen) atoms. The first-order valence-electron chi connectivity index (χ1n) is 8.34. The molecule has 0 saturated carbocycles. The number of carbonyl (C=O) groups excluding carboxylic acids is 1. The number of ether oxygens (including phenoxy) is 2. The SMILES string of the molecule is COc1ccccc1OCCCNc1c(C=O)c(=O)[nH]c2ccccc12. The molecule has 0 unspecified atom stereocenters. The highest BCUT2D eigenvalue weighted by molar-refractivity contribution is 5.99. The molecule has 6 heteroatoms. The maximum Gasteiger partial charge on any atom is 0.261 e. The van der Waals surface area contributed by atoms with Gasteiger partial charge >= 0.3 is 0 Å². The number of pyridine rings is 1. The van der Waals surface area contributed by atoms with Gasteiger partial charge in [0.05, 0.1) is 24.9 Å². The number of rotatable bonds is 8. The lowest BCUT2D eigenvalue weighted by Crippen LogP contribution is -2.17. The zero-order chi connectivity index (χ0) is 18.4. The summed E-state index contributed by atoms with van der Waals surface area (Å²) < 4.78 is 11.0. The van der Waals surface area contributed by atoms with E-state index in [0.29, 0.717) is 48.6 Å². The molecule has 3 rings (SSSR count). The molecule has 6 nitrogen and oxygen atoms in total. The van der Waals surface area contributed by atoms with Crippen LogP contribution in [0.3, 0.4) is 0 Å². The average Bonchev–Trinajstić information content (AvgIpc) is 2.67. The smallest absolute Gasteiger partial charge is 0.261 e. The van der Waals surface area contributed by atoms with Crippen LogP contribution in [0, 0.1) is 0 Å². The second kappa shape index (κ2) is 8.20. The van der Waals surface area contributed by atoms with E-state index in [-0.39, 0.29) is 5.56 Å². The Morgan fingerprint density at radius 1 is 1.08 bits per heavy atom. The van der Waals surface area contributed by atoms with Gasteiger partial charge in [0.25, 0.3) is 5.56 Å². The molecule has 134 valence electrons. The van der Waals surface area contributed by atoms with Crippen molar-refractivity contribution in [2.45, 2.75) is 6.42 Å². The van der Waals surface area contributed by atoms with Crippen LogP contribution in [0.2, 0.25) is 0 Å². The van der Waals surface area contributed by atoms with Crippen LogP contribution >= 0.6 is 0 Å². The van der Waals surface area contributed by atoms with Crippen LogP contribution in [-0.4, -0.2) is 31.5 Å². The summed E-state index contributed by atoms with van der Waals surface area (Å²) >= 11 is 0. The molecule has 0 aliphatic rings. The predicted molar refractivity (Wildman–Crippen MR) is 102 cm³/mol. The topological polar surface area (TPSA) is 80.4 Å². The lowest BCUT2D eigenvalue weighted by Gasteiger charge is -2.13. The van der Waals surface area contributed by atoms with Gasteiger partial charge in [-0.3, -0.25) is 9.59 Å². The number of aromatic nitrogens is 1. The molecular weight excluding hydrogens is 332 g/mol. The minimum absolute atomic E-state index is 0.106. The maximum absolute atomic E-state index is 12.1. The van der Waals surface area contributed by atoms with Crippen molar-refractivity contribution in [2.75, 3.05) is 25.6 Å². The molecule has 0 radical (unpaired) electrons. The predicted octanol–water partition coefficient (Wildman–Crippen LogP) is 3.23. The first kappa shape index (κ1) is 17.5. The fourth-order valence-electron chi connectivity index (χ4n) is 2.77. The van der Waals surface area contributed by atoms with Crippen molar-refractivity contribution in [2.24, 2.45) is 0 Å². The van der Waals surface area contributed by atoms with E-state index in [0.717, 1.165) is 5.39 Å². The number of methoxy groups -OCH3 is 1. The second-order valence-corrected chi connectivity index (χ2v) is 5.69. The number of anilines is 1. The Kier molecular flexibility index (Phi) is 5.53. The molecule has 0 atom stereocenters. The highest BCUT2D eigenvalue weighted by Crippen LogP contribution is 2.26. The van der Waals surface area contributed by atoms with Crippen molar-refractivity contribution < 1.29 is 14.3 Å². The molecule has 0 aliphatic heterocycles. The third kappa shape index (κ3) is 3.69. The second-order valence-electron chi connectivity index (χ2n) is 5.69.